The maximum atomic E-state index is 13.1. The Morgan fingerprint density at radius 3 is 2.58 bits per heavy atom. The standard InChI is InChI=1S/C19H16FN3O2S/c1-26-16-8-2-12(3-9-16)18-21-19(25-22-18)13-10-17(24)23(11-13)15-6-4-14(20)5-7-15/h2-9,13H,10-11H2,1H3. The van der Waals surface area contributed by atoms with Gasteiger partial charge in [0.15, 0.2) is 0 Å². The average molecular weight is 369 g/mol. The van der Waals surface area contributed by atoms with Gasteiger partial charge in [0.25, 0.3) is 0 Å². The molecule has 2 aromatic carbocycles. The molecule has 1 fully saturated rings. The molecule has 0 aliphatic carbocycles. The van der Waals surface area contributed by atoms with E-state index in [0.29, 0.717) is 30.4 Å². The Bertz CT molecular complexity index is 925. The number of rotatable bonds is 4. The molecule has 132 valence electrons. The van der Waals surface area contributed by atoms with Crippen molar-refractivity contribution >= 4 is 23.4 Å². The topological polar surface area (TPSA) is 59.2 Å². The molecule has 4 rings (SSSR count). The van der Waals surface area contributed by atoms with E-state index in [-0.39, 0.29) is 17.6 Å². The number of amides is 1. The molecular formula is C19H16FN3O2S. The maximum Gasteiger partial charge on any atom is 0.232 e. The number of thioether (sulfide) groups is 1. The Morgan fingerprint density at radius 2 is 1.88 bits per heavy atom. The Labute approximate surface area is 154 Å². The summed E-state index contributed by atoms with van der Waals surface area (Å²) in [6.07, 6.45) is 2.32. The molecule has 1 unspecified atom stereocenters. The van der Waals surface area contributed by atoms with Crippen LogP contribution in [0.4, 0.5) is 10.1 Å². The van der Waals surface area contributed by atoms with E-state index in [2.05, 4.69) is 10.1 Å². The maximum absolute atomic E-state index is 13.1. The van der Waals surface area contributed by atoms with Crippen LogP contribution in [0.25, 0.3) is 11.4 Å². The molecule has 7 heteroatoms. The molecule has 1 aliphatic rings. The van der Waals surface area contributed by atoms with Gasteiger partial charge in [-0.1, -0.05) is 5.16 Å². The highest BCUT2D eigenvalue weighted by Crippen LogP contribution is 2.32. The summed E-state index contributed by atoms with van der Waals surface area (Å²) in [6.45, 7) is 0.442. The Hall–Kier alpha value is -2.67. The van der Waals surface area contributed by atoms with Gasteiger partial charge in [-0.2, -0.15) is 4.98 Å². The van der Waals surface area contributed by atoms with Crippen LogP contribution in [0.5, 0.6) is 0 Å². The van der Waals surface area contributed by atoms with E-state index in [1.165, 1.54) is 12.1 Å². The molecular weight excluding hydrogens is 353 g/mol. The third-order valence-corrected chi connectivity index (χ3v) is 5.15. The second kappa shape index (κ2) is 6.92. The number of benzene rings is 2. The summed E-state index contributed by atoms with van der Waals surface area (Å²) in [4.78, 5) is 19.6. The van der Waals surface area contributed by atoms with Crippen LogP contribution in [0.15, 0.2) is 57.9 Å². The minimum atomic E-state index is -0.328. The zero-order valence-corrected chi connectivity index (χ0v) is 14.9. The van der Waals surface area contributed by atoms with Crippen molar-refractivity contribution in [2.75, 3.05) is 17.7 Å². The summed E-state index contributed by atoms with van der Waals surface area (Å²) < 4.78 is 18.5. The van der Waals surface area contributed by atoms with Crippen LogP contribution >= 0.6 is 11.8 Å². The van der Waals surface area contributed by atoms with Gasteiger partial charge in [0.1, 0.15) is 5.82 Å². The average Bonchev–Trinajstić information content (AvgIpc) is 3.29. The van der Waals surface area contributed by atoms with Gasteiger partial charge < -0.3 is 9.42 Å². The van der Waals surface area contributed by atoms with E-state index in [1.807, 2.05) is 30.5 Å². The van der Waals surface area contributed by atoms with E-state index >= 15 is 0 Å². The second-order valence-corrected chi connectivity index (χ2v) is 6.95. The van der Waals surface area contributed by atoms with Gasteiger partial charge in [0.05, 0.1) is 5.92 Å². The molecule has 0 saturated carbocycles. The van der Waals surface area contributed by atoms with Crippen LogP contribution in [0, 0.1) is 5.82 Å². The SMILES string of the molecule is CSc1ccc(-c2noc(C3CC(=O)N(c4ccc(F)cc4)C3)n2)cc1. The van der Waals surface area contributed by atoms with Crippen molar-refractivity contribution in [3.05, 3.63) is 60.2 Å². The van der Waals surface area contributed by atoms with Gasteiger partial charge in [-0.15, -0.1) is 11.8 Å². The zero-order valence-electron chi connectivity index (χ0n) is 14.1. The highest BCUT2D eigenvalue weighted by molar-refractivity contribution is 7.98. The van der Waals surface area contributed by atoms with E-state index in [9.17, 15) is 9.18 Å². The molecule has 1 atom stereocenters. The number of aromatic nitrogens is 2. The van der Waals surface area contributed by atoms with Crippen LogP contribution in [0.1, 0.15) is 18.2 Å². The van der Waals surface area contributed by atoms with Crippen molar-refractivity contribution in [2.24, 2.45) is 0 Å². The van der Waals surface area contributed by atoms with Gasteiger partial charge in [-0.25, -0.2) is 4.39 Å². The molecule has 26 heavy (non-hydrogen) atoms. The second-order valence-electron chi connectivity index (χ2n) is 6.07. The molecule has 5 nitrogen and oxygen atoms in total. The number of nitrogens with zero attached hydrogens (tertiary/aromatic N) is 3. The minimum Gasteiger partial charge on any atom is -0.339 e. The lowest BCUT2D eigenvalue weighted by atomic mass is 10.1. The van der Waals surface area contributed by atoms with Gasteiger partial charge in [-0.3, -0.25) is 4.79 Å². The lowest BCUT2D eigenvalue weighted by molar-refractivity contribution is -0.117. The van der Waals surface area contributed by atoms with Crippen LogP contribution in [-0.4, -0.2) is 28.8 Å². The first-order valence-electron chi connectivity index (χ1n) is 8.18. The Morgan fingerprint density at radius 1 is 1.15 bits per heavy atom. The molecule has 1 aliphatic heterocycles. The van der Waals surface area contributed by atoms with Crippen molar-refractivity contribution in [2.45, 2.75) is 17.2 Å². The number of anilines is 1. The summed E-state index contributed by atoms with van der Waals surface area (Å²) in [7, 11) is 0. The summed E-state index contributed by atoms with van der Waals surface area (Å²) in [5, 5.41) is 4.05. The summed E-state index contributed by atoms with van der Waals surface area (Å²) in [5.74, 6) is 0.433. The van der Waals surface area contributed by atoms with Crippen LogP contribution in [0.2, 0.25) is 0 Å². The van der Waals surface area contributed by atoms with Gasteiger partial charge in [0, 0.05) is 29.1 Å². The van der Waals surface area contributed by atoms with Gasteiger partial charge in [0.2, 0.25) is 17.6 Å². The normalized spacial score (nSPS) is 17.1. The summed E-state index contributed by atoms with van der Waals surface area (Å²) >= 11 is 1.67. The highest BCUT2D eigenvalue weighted by Gasteiger charge is 2.35. The van der Waals surface area contributed by atoms with Crippen molar-refractivity contribution in [1.29, 1.82) is 0 Å². The number of carbonyl (C=O) groups is 1. The lowest BCUT2D eigenvalue weighted by Gasteiger charge is -2.15. The molecule has 0 radical (unpaired) electrons. The third kappa shape index (κ3) is 3.22. The van der Waals surface area contributed by atoms with Crippen molar-refractivity contribution < 1.29 is 13.7 Å². The molecule has 1 aromatic heterocycles. The van der Waals surface area contributed by atoms with Crippen LogP contribution in [0.3, 0.4) is 0 Å². The first-order valence-corrected chi connectivity index (χ1v) is 9.40. The van der Waals surface area contributed by atoms with Crippen LogP contribution < -0.4 is 4.90 Å². The van der Waals surface area contributed by atoms with Gasteiger partial charge >= 0.3 is 0 Å². The Balaban J connectivity index is 1.52. The molecule has 1 saturated heterocycles. The van der Waals surface area contributed by atoms with Crippen molar-refractivity contribution in [3.63, 3.8) is 0 Å². The van der Waals surface area contributed by atoms with Gasteiger partial charge in [-0.05, 0) is 54.8 Å². The van der Waals surface area contributed by atoms with Crippen molar-refractivity contribution in [1.82, 2.24) is 10.1 Å². The first-order chi connectivity index (χ1) is 12.6. The summed E-state index contributed by atoms with van der Waals surface area (Å²) in [5.41, 5.74) is 1.55. The van der Waals surface area contributed by atoms with Crippen LogP contribution in [-0.2, 0) is 4.79 Å². The molecule has 0 bridgehead atoms. The molecule has 0 N–H and O–H groups in total. The Kier molecular flexibility index (Phi) is 4.46. The number of carbonyl (C=O) groups excluding carboxylic acids is 1. The first kappa shape index (κ1) is 16.8. The lowest BCUT2D eigenvalue weighted by Crippen LogP contribution is -2.24. The van der Waals surface area contributed by atoms with E-state index in [0.717, 1.165) is 10.5 Å². The van der Waals surface area contributed by atoms with E-state index in [1.54, 1.807) is 28.8 Å². The van der Waals surface area contributed by atoms with Crippen molar-refractivity contribution in [3.8, 4) is 11.4 Å². The largest absolute Gasteiger partial charge is 0.339 e. The number of hydrogen-bond acceptors (Lipinski definition) is 5. The highest BCUT2D eigenvalue weighted by atomic mass is 32.2. The monoisotopic (exact) mass is 369 g/mol. The molecule has 3 aromatic rings. The fraction of sp³-hybridized carbons (Fsp3) is 0.211. The van der Waals surface area contributed by atoms with E-state index in [4.69, 9.17) is 4.52 Å². The predicted octanol–water partition coefficient (Wildman–Crippen LogP) is 4.12. The fourth-order valence-electron chi connectivity index (χ4n) is 3.00. The quantitative estimate of drug-likeness (QED) is 0.648. The predicted molar refractivity (Wildman–Crippen MR) is 97.6 cm³/mol. The number of halogens is 1. The third-order valence-electron chi connectivity index (χ3n) is 4.40. The molecule has 1 amide bonds. The fourth-order valence-corrected chi connectivity index (χ4v) is 3.41. The van der Waals surface area contributed by atoms with E-state index < -0.39 is 0 Å². The number of hydrogen-bond donors (Lipinski definition) is 0. The molecule has 0 spiro atoms. The summed E-state index contributed by atoms with van der Waals surface area (Å²) in [6, 6.07) is 13.8. The minimum absolute atomic E-state index is 0.0364. The smallest absolute Gasteiger partial charge is 0.232 e. The zero-order chi connectivity index (χ0) is 18.1. The molecule has 2 heterocycles.